The van der Waals surface area contributed by atoms with Crippen LogP contribution >= 0.6 is 0 Å². The van der Waals surface area contributed by atoms with Crippen LogP contribution in [0.2, 0.25) is 0 Å². The van der Waals surface area contributed by atoms with E-state index in [9.17, 15) is 5.11 Å². The van der Waals surface area contributed by atoms with E-state index in [1.54, 1.807) is 0 Å². The number of hydrogen-bond acceptors (Lipinski definition) is 5. The molecule has 19 heavy (non-hydrogen) atoms. The van der Waals surface area contributed by atoms with Gasteiger partial charge in [-0.1, -0.05) is 12.1 Å². The van der Waals surface area contributed by atoms with Crippen molar-refractivity contribution in [3.05, 3.63) is 24.3 Å². The maximum atomic E-state index is 9.24. The Morgan fingerprint density at radius 2 is 1.89 bits per heavy atom. The van der Waals surface area contributed by atoms with Crippen LogP contribution in [-0.4, -0.2) is 34.3 Å². The summed E-state index contributed by atoms with van der Waals surface area (Å²) in [6, 6.07) is 8.14. The van der Waals surface area contributed by atoms with Crippen LogP contribution in [0.1, 0.15) is 19.3 Å². The number of para-hydroxylation sites is 2. The van der Waals surface area contributed by atoms with E-state index < -0.39 is 0 Å². The highest BCUT2D eigenvalue weighted by Gasteiger charge is 2.27. The molecule has 0 aliphatic heterocycles. The second-order valence-corrected chi connectivity index (χ2v) is 4.92. The van der Waals surface area contributed by atoms with Gasteiger partial charge < -0.3 is 15.7 Å². The molecule has 1 heterocycles. The van der Waals surface area contributed by atoms with Gasteiger partial charge in [-0.3, -0.25) is 0 Å². The quantitative estimate of drug-likeness (QED) is 0.870. The summed E-state index contributed by atoms with van der Waals surface area (Å²) in [5.74, 6) is 1.15. The number of nitrogens with two attached hydrogens (primary N) is 1. The van der Waals surface area contributed by atoms with Gasteiger partial charge in [-0.25, -0.2) is 9.97 Å². The first-order valence-corrected chi connectivity index (χ1v) is 6.69. The third-order valence-corrected chi connectivity index (χ3v) is 3.71. The van der Waals surface area contributed by atoms with E-state index in [1.807, 2.05) is 24.3 Å². The van der Waals surface area contributed by atoms with Crippen LogP contribution in [-0.2, 0) is 0 Å². The Kier molecular flexibility index (Phi) is 3.21. The maximum Gasteiger partial charge on any atom is 0.172 e. The summed E-state index contributed by atoms with van der Waals surface area (Å²) in [7, 11) is 0. The van der Waals surface area contributed by atoms with Gasteiger partial charge in [0.25, 0.3) is 0 Å². The molecular weight excluding hydrogens is 240 g/mol. The number of fused-ring (bicyclic) bond motifs is 1. The predicted octanol–water partition coefficient (Wildman–Crippen LogP) is 1.56. The molecule has 0 saturated heterocycles. The average molecular weight is 258 g/mol. The monoisotopic (exact) mass is 258 g/mol. The van der Waals surface area contributed by atoms with Crippen molar-refractivity contribution >= 4 is 22.7 Å². The smallest absolute Gasteiger partial charge is 0.172 e. The summed E-state index contributed by atoms with van der Waals surface area (Å²) in [5.41, 5.74) is 7.69. The van der Waals surface area contributed by atoms with Crippen LogP contribution in [0.3, 0.4) is 0 Å². The highest BCUT2D eigenvalue weighted by Crippen LogP contribution is 2.31. The molecule has 100 valence electrons. The number of aromatic nitrogens is 2. The van der Waals surface area contributed by atoms with Crippen molar-refractivity contribution in [2.75, 3.05) is 23.8 Å². The topological polar surface area (TPSA) is 75.3 Å². The Balaban J connectivity index is 2.03. The Morgan fingerprint density at radius 3 is 2.47 bits per heavy atom. The summed E-state index contributed by atoms with van der Waals surface area (Å²) >= 11 is 0. The highest BCUT2D eigenvalue weighted by atomic mass is 16.3. The summed E-state index contributed by atoms with van der Waals surface area (Å²) in [5, 5.41) is 9.24. The zero-order chi connectivity index (χ0) is 13.2. The van der Waals surface area contributed by atoms with E-state index >= 15 is 0 Å². The van der Waals surface area contributed by atoms with Gasteiger partial charge in [-0.05, 0) is 31.4 Å². The molecule has 0 radical (unpaired) electrons. The van der Waals surface area contributed by atoms with Gasteiger partial charge in [-0.2, -0.15) is 0 Å². The summed E-state index contributed by atoms with van der Waals surface area (Å²) < 4.78 is 0. The third kappa shape index (κ3) is 2.21. The molecule has 0 amide bonds. The molecule has 2 aromatic rings. The predicted molar refractivity (Wildman–Crippen MR) is 76.0 cm³/mol. The van der Waals surface area contributed by atoms with Gasteiger partial charge in [0, 0.05) is 12.6 Å². The van der Waals surface area contributed by atoms with Crippen molar-refractivity contribution in [3.63, 3.8) is 0 Å². The Hall–Kier alpha value is -1.88. The molecule has 1 saturated carbocycles. The lowest BCUT2D eigenvalue weighted by atomic mass is 9.91. The summed E-state index contributed by atoms with van der Waals surface area (Å²) in [6.45, 7) is 0.659. The van der Waals surface area contributed by atoms with Crippen molar-refractivity contribution in [3.8, 4) is 0 Å². The van der Waals surface area contributed by atoms with E-state index in [-0.39, 0.29) is 6.61 Å². The van der Waals surface area contributed by atoms with Crippen molar-refractivity contribution in [2.45, 2.75) is 25.3 Å². The number of benzene rings is 1. The van der Waals surface area contributed by atoms with Gasteiger partial charge in [0.2, 0.25) is 0 Å². The number of aliphatic hydroxyl groups is 1. The maximum absolute atomic E-state index is 9.24. The van der Waals surface area contributed by atoms with Crippen LogP contribution in [0.5, 0.6) is 0 Å². The van der Waals surface area contributed by atoms with E-state index in [0.717, 1.165) is 23.9 Å². The molecule has 0 bridgehead atoms. The van der Waals surface area contributed by atoms with Crippen molar-refractivity contribution in [1.29, 1.82) is 0 Å². The minimum atomic E-state index is 0.102. The lowest BCUT2D eigenvalue weighted by molar-refractivity contribution is 0.283. The number of nitrogen functional groups attached to an aromatic ring is 1. The number of anilines is 2. The van der Waals surface area contributed by atoms with Crippen LogP contribution in [0.25, 0.3) is 11.0 Å². The van der Waals surface area contributed by atoms with E-state index in [2.05, 4.69) is 14.9 Å². The third-order valence-electron chi connectivity index (χ3n) is 3.71. The molecule has 1 fully saturated rings. The van der Waals surface area contributed by atoms with Crippen molar-refractivity contribution < 1.29 is 5.11 Å². The molecule has 0 unspecified atom stereocenters. The highest BCUT2D eigenvalue weighted by molar-refractivity contribution is 5.79. The molecule has 3 rings (SSSR count). The average Bonchev–Trinajstić information content (AvgIpc) is 2.35. The fourth-order valence-corrected chi connectivity index (χ4v) is 2.48. The zero-order valence-corrected chi connectivity index (χ0v) is 10.8. The lowest BCUT2D eigenvalue weighted by Gasteiger charge is -2.38. The first kappa shape index (κ1) is 12.2. The van der Waals surface area contributed by atoms with Crippen LogP contribution < -0.4 is 10.6 Å². The second-order valence-electron chi connectivity index (χ2n) is 4.92. The van der Waals surface area contributed by atoms with Crippen molar-refractivity contribution in [2.24, 2.45) is 0 Å². The number of hydrogen-bond donors (Lipinski definition) is 2. The molecule has 5 heteroatoms. The molecule has 5 nitrogen and oxygen atoms in total. The molecule has 1 aliphatic carbocycles. The minimum Gasteiger partial charge on any atom is -0.395 e. The molecule has 1 aromatic carbocycles. The largest absolute Gasteiger partial charge is 0.395 e. The molecular formula is C14H18N4O. The standard InChI is InChI=1S/C14H18N4O/c15-13-14(18(8-9-19)10-4-3-5-10)17-12-7-2-1-6-11(12)16-13/h1-2,6-7,10,19H,3-5,8-9H2,(H2,15,16). The van der Waals surface area contributed by atoms with Gasteiger partial charge >= 0.3 is 0 Å². The number of rotatable bonds is 4. The molecule has 0 atom stereocenters. The van der Waals surface area contributed by atoms with Gasteiger partial charge in [-0.15, -0.1) is 0 Å². The molecule has 1 aliphatic rings. The van der Waals surface area contributed by atoms with Gasteiger partial charge in [0.05, 0.1) is 17.6 Å². The normalized spacial score (nSPS) is 15.4. The SMILES string of the molecule is Nc1nc2ccccc2nc1N(CCO)C1CCC1. The fraction of sp³-hybridized carbons (Fsp3) is 0.429. The Labute approximate surface area is 112 Å². The first-order valence-electron chi connectivity index (χ1n) is 6.69. The van der Waals surface area contributed by atoms with Gasteiger partial charge in [0.1, 0.15) is 0 Å². The Morgan fingerprint density at radius 1 is 1.21 bits per heavy atom. The van der Waals surface area contributed by atoms with Crippen LogP contribution in [0.15, 0.2) is 24.3 Å². The number of nitrogens with zero attached hydrogens (tertiary/aromatic N) is 3. The van der Waals surface area contributed by atoms with E-state index in [4.69, 9.17) is 5.73 Å². The zero-order valence-electron chi connectivity index (χ0n) is 10.8. The second kappa shape index (κ2) is 5.01. The van der Waals surface area contributed by atoms with E-state index in [1.165, 1.54) is 6.42 Å². The molecule has 3 N–H and O–H groups in total. The van der Waals surface area contributed by atoms with Crippen molar-refractivity contribution in [1.82, 2.24) is 9.97 Å². The molecule has 0 spiro atoms. The first-order chi connectivity index (χ1) is 9.29. The van der Waals surface area contributed by atoms with Crippen LogP contribution in [0.4, 0.5) is 11.6 Å². The number of aliphatic hydroxyl groups excluding tert-OH is 1. The Bertz CT molecular complexity index is 583. The summed E-state index contributed by atoms with van der Waals surface area (Å²) in [4.78, 5) is 11.1. The summed E-state index contributed by atoms with van der Waals surface area (Å²) in [6.07, 6.45) is 3.50. The fourth-order valence-electron chi connectivity index (χ4n) is 2.48. The lowest BCUT2D eigenvalue weighted by Crippen LogP contribution is -2.42. The molecule has 1 aromatic heterocycles. The van der Waals surface area contributed by atoms with E-state index in [0.29, 0.717) is 24.2 Å². The van der Waals surface area contributed by atoms with Gasteiger partial charge in [0.15, 0.2) is 11.6 Å². The van der Waals surface area contributed by atoms with Crippen LogP contribution in [0, 0.1) is 0 Å². The minimum absolute atomic E-state index is 0.102.